The van der Waals surface area contributed by atoms with E-state index in [0.717, 1.165) is 19.3 Å². The Balaban J connectivity index is 2.08. The van der Waals surface area contributed by atoms with Crippen LogP contribution in [0.1, 0.15) is 44.9 Å². The van der Waals surface area contributed by atoms with Crippen molar-refractivity contribution in [1.82, 2.24) is 0 Å². The summed E-state index contributed by atoms with van der Waals surface area (Å²) in [6, 6.07) is 0. The highest BCUT2D eigenvalue weighted by Crippen LogP contribution is 2.30. The minimum Gasteiger partial charge on any atom is -0.372 e. The third-order valence-electron chi connectivity index (χ3n) is 3.20. The van der Waals surface area contributed by atoms with E-state index in [2.05, 4.69) is 4.74 Å². The van der Waals surface area contributed by atoms with Crippen LogP contribution < -0.4 is 0 Å². The van der Waals surface area contributed by atoms with Crippen LogP contribution in [0.4, 0.5) is 13.2 Å². The molecule has 5 heteroatoms. The molecular formula is C12H20ClF3O. The van der Waals surface area contributed by atoms with E-state index in [1.165, 1.54) is 19.3 Å². The standard InChI is InChI=1S/C12H20ClF3O/c13-11-7-3-1-2-5-10(11)6-4-8-17-9-12(14,15)16/h10-11H,1-9H2. The van der Waals surface area contributed by atoms with Crippen LogP contribution in [0.25, 0.3) is 0 Å². The monoisotopic (exact) mass is 272 g/mol. The van der Waals surface area contributed by atoms with Gasteiger partial charge in [-0.25, -0.2) is 0 Å². The van der Waals surface area contributed by atoms with E-state index in [0.29, 0.717) is 12.3 Å². The molecule has 0 N–H and O–H groups in total. The maximum atomic E-state index is 11.8. The lowest BCUT2D eigenvalue weighted by Gasteiger charge is -2.19. The lowest BCUT2D eigenvalue weighted by Crippen LogP contribution is -2.18. The highest BCUT2D eigenvalue weighted by Gasteiger charge is 2.27. The van der Waals surface area contributed by atoms with Crippen LogP contribution in [0, 0.1) is 5.92 Å². The van der Waals surface area contributed by atoms with Crippen molar-refractivity contribution in [2.75, 3.05) is 13.2 Å². The first-order chi connectivity index (χ1) is 7.99. The van der Waals surface area contributed by atoms with E-state index in [-0.39, 0.29) is 12.0 Å². The first-order valence-corrected chi connectivity index (χ1v) is 6.71. The number of hydrogen-bond acceptors (Lipinski definition) is 1. The Morgan fingerprint density at radius 1 is 1.12 bits per heavy atom. The van der Waals surface area contributed by atoms with Crippen LogP contribution >= 0.6 is 11.6 Å². The summed E-state index contributed by atoms with van der Waals surface area (Å²) in [5.41, 5.74) is 0. The Hall–Kier alpha value is 0.0400. The third-order valence-corrected chi connectivity index (χ3v) is 3.77. The van der Waals surface area contributed by atoms with Crippen molar-refractivity contribution in [3.63, 3.8) is 0 Å². The number of alkyl halides is 4. The molecule has 1 aliphatic carbocycles. The fourth-order valence-corrected chi connectivity index (χ4v) is 2.71. The van der Waals surface area contributed by atoms with Crippen LogP contribution in [0.3, 0.4) is 0 Å². The third kappa shape index (κ3) is 7.14. The highest BCUT2D eigenvalue weighted by molar-refractivity contribution is 6.20. The highest BCUT2D eigenvalue weighted by atomic mass is 35.5. The Bertz CT molecular complexity index is 208. The topological polar surface area (TPSA) is 9.23 Å². The van der Waals surface area contributed by atoms with Crippen molar-refractivity contribution in [2.24, 2.45) is 5.92 Å². The summed E-state index contributed by atoms with van der Waals surface area (Å²) in [6.07, 6.45) is 3.08. The second-order valence-corrected chi connectivity index (χ2v) is 5.28. The van der Waals surface area contributed by atoms with Crippen LogP contribution in [0.2, 0.25) is 0 Å². The molecule has 2 unspecified atom stereocenters. The first-order valence-electron chi connectivity index (χ1n) is 6.27. The maximum absolute atomic E-state index is 11.8. The summed E-state index contributed by atoms with van der Waals surface area (Å²) >= 11 is 6.25. The number of hydrogen-bond donors (Lipinski definition) is 0. The average Bonchev–Trinajstić information content (AvgIpc) is 2.42. The Morgan fingerprint density at radius 3 is 2.53 bits per heavy atom. The fourth-order valence-electron chi connectivity index (χ4n) is 2.30. The molecule has 1 saturated carbocycles. The predicted octanol–water partition coefficient (Wildman–Crippen LogP) is 4.53. The molecule has 0 aromatic heterocycles. The van der Waals surface area contributed by atoms with Crippen molar-refractivity contribution >= 4 is 11.6 Å². The number of rotatable bonds is 5. The Kier molecular flexibility index (Phi) is 6.63. The van der Waals surface area contributed by atoms with E-state index in [4.69, 9.17) is 11.6 Å². The van der Waals surface area contributed by atoms with Gasteiger partial charge in [-0.3, -0.25) is 0 Å². The van der Waals surface area contributed by atoms with Gasteiger partial charge in [0.1, 0.15) is 6.61 Å². The van der Waals surface area contributed by atoms with Crippen molar-refractivity contribution in [2.45, 2.75) is 56.5 Å². The van der Waals surface area contributed by atoms with E-state index in [1.807, 2.05) is 0 Å². The molecule has 1 rings (SSSR count). The quantitative estimate of drug-likeness (QED) is 0.406. The van der Waals surface area contributed by atoms with Crippen molar-refractivity contribution in [3.05, 3.63) is 0 Å². The van der Waals surface area contributed by atoms with Crippen molar-refractivity contribution in [1.29, 1.82) is 0 Å². The number of ether oxygens (including phenoxy) is 1. The van der Waals surface area contributed by atoms with Gasteiger partial charge >= 0.3 is 6.18 Å². The molecule has 0 saturated heterocycles. The molecule has 102 valence electrons. The predicted molar refractivity (Wildman–Crippen MR) is 62.3 cm³/mol. The van der Waals surface area contributed by atoms with Gasteiger partial charge in [-0.1, -0.05) is 19.3 Å². The lowest BCUT2D eigenvalue weighted by atomic mass is 9.95. The van der Waals surface area contributed by atoms with Crippen LogP contribution in [-0.2, 0) is 4.74 Å². The van der Waals surface area contributed by atoms with Crippen LogP contribution in [0.15, 0.2) is 0 Å². The lowest BCUT2D eigenvalue weighted by molar-refractivity contribution is -0.174. The SMILES string of the molecule is FC(F)(F)COCCCC1CCCCCC1Cl. The molecule has 17 heavy (non-hydrogen) atoms. The Morgan fingerprint density at radius 2 is 1.82 bits per heavy atom. The molecule has 1 aliphatic rings. The molecule has 1 nitrogen and oxygen atoms in total. The molecule has 0 aromatic rings. The first kappa shape index (κ1) is 15.1. The minimum absolute atomic E-state index is 0.180. The molecule has 2 atom stereocenters. The van der Waals surface area contributed by atoms with Gasteiger partial charge in [0.15, 0.2) is 0 Å². The molecule has 0 radical (unpaired) electrons. The molecule has 0 heterocycles. The van der Waals surface area contributed by atoms with Gasteiger partial charge in [0.25, 0.3) is 0 Å². The molecule has 0 spiro atoms. The normalized spacial score (nSPS) is 26.8. The minimum atomic E-state index is -4.21. The smallest absolute Gasteiger partial charge is 0.372 e. The zero-order chi connectivity index (χ0) is 12.7. The van der Waals surface area contributed by atoms with Crippen LogP contribution in [0.5, 0.6) is 0 Å². The second kappa shape index (κ2) is 7.47. The van der Waals surface area contributed by atoms with E-state index < -0.39 is 12.8 Å². The second-order valence-electron chi connectivity index (χ2n) is 4.72. The molecule has 0 bridgehead atoms. The zero-order valence-electron chi connectivity index (χ0n) is 9.94. The largest absolute Gasteiger partial charge is 0.411 e. The van der Waals surface area contributed by atoms with Gasteiger partial charge < -0.3 is 4.74 Å². The van der Waals surface area contributed by atoms with E-state index >= 15 is 0 Å². The zero-order valence-corrected chi connectivity index (χ0v) is 10.7. The summed E-state index contributed by atoms with van der Waals surface area (Å²) in [4.78, 5) is 0. The van der Waals surface area contributed by atoms with E-state index in [1.54, 1.807) is 0 Å². The summed E-state index contributed by atoms with van der Waals surface area (Å²) in [7, 11) is 0. The van der Waals surface area contributed by atoms with Crippen LogP contribution in [-0.4, -0.2) is 24.8 Å². The van der Waals surface area contributed by atoms with Gasteiger partial charge in [0.2, 0.25) is 0 Å². The van der Waals surface area contributed by atoms with Gasteiger partial charge in [-0.2, -0.15) is 13.2 Å². The van der Waals surface area contributed by atoms with Gasteiger partial charge in [0, 0.05) is 12.0 Å². The summed E-state index contributed by atoms with van der Waals surface area (Å²) in [5.74, 6) is 0.452. The number of halogens is 4. The average molecular weight is 273 g/mol. The van der Waals surface area contributed by atoms with Gasteiger partial charge in [-0.05, 0) is 31.6 Å². The van der Waals surface area contributed by atoms with Crippen molar-refractivity contribution < 1.29 is 17.9 Å². The van der Waals surface area contributed by atoms with Crippen molar-refractivity contribution in [3.8, 4) is 0 Å². The fraction of sp³-hybridized carbons (Fsp3) is 1.00. The summed E-state index contributed by atoms with van der Waals surface area (Å²) in [6.45, 7) is -0.957. The molecule has 0 aromatic carbocycles. The van der Waals surface area contributed by atoms with Gasteiger partial charge in [-0.15, -0.1) is 11.6 Å². The summed E-state index contributed by atoms with van der Waals surface area (Å²) in [5, 5.41) is 0.195. The van der Waals surface area contributed by atoms with Gasteiger partial charge in [0.05, 0.1) is 0 Å². The maximum Gasteiger partial charge on any atom is 0.411 e. The molecule has 0 aliphatic heterocycles. The molecule has 1 fully saturated rings. The van der Waals surface area contributed by atoms with E-state index in [9.17, 15) is 13.2 Å². The Labute approximate surface area is 106 Å². The molecular weight excluding hydrogens is 253 g/mol. The molecule has 0 amide bonds. The summed E-state index contributed by atoms with van der Waals surface area (Å²) < 4.78 is 40.0.